The van der Waals surface area contributed by atoms with E-state index in [1.165, 1.54) is 4.90 Å². The number of hydrogen-bond acceptors (Lipinski definition) is 4. The fraction of sp³-hybridized carbons (Fsp3) is 0.400. The zero-order valence-electron chi connectivity index (χ0n) is 19.1. The van der Waals surface area contributed by atoms with Gasteiger partial charge in [-0.15, -0.1) is 0 Å². The summed E-state index contributed by atoms with van der Waals surface area (Å²) < 4.78 is 43.1. The van der Waals surface area contributed by atoms with Crippen LogP contribution in [0.3, 0.4) is 0 Å². The SMILES string of the molecule is COc1ccc(C(CNC(=O)CN2CCN(CC(F)(F)F)CC2)c2c[nH]c3ccccc23)cc1. The number of H-pyrrole nitrogens is 1. The lowest BCUT2D eigenvalue weighted by Gasteiger charge is -2.34. The van der Waals surface area contributed by atoms with Crippen LogP contribution in [0.25, 0.3) is 10.9 Å². The Morgan fingerprint density at radius 1 is 1.06 bits per heavy atom. The van der Waals surface area contributed by atoms with Crippen LogP contribution in [0.1, 0.15) is 17.0 Å². The molecule has 0 saturated carbocycles. The lowest BCUT2D eigenvalue weighted by Crippen LogP contribution is -2.51. The minimum atomic E-state index is -4.20. The summed E-state index contributed by atoms with van der Waals surface area (Å²) in [6.45, 7) is 1.15. The van der Waals surface area contributed by atoms with Gasteiger partial charge in [-0.3, -0.25) is 14.6 Å². The van der Waals surface area contributed by atoms with Crippen molar-refractivity contribution in [3.05, 3.63) is 65.9 Å². The standard InChI is InChI=1S/C25H29F3N4O2/c1-34-19-8-6-18(7-9-19)21(22-15-29-23-5-3-2-4-20(22)23)14-30-24(33)16-31-10-12-32(13-11-31)17-25(26,27)28/h2-9,15,21,29H,10-14,16-17H2,1H3,(H,30,33). The van der Waals surface area contributed by atoms with Gasteiger partial charge in [-0.25, -0.2) is 0 Å². The van der Waals surface area contributed by atoms with Crippen molar-refractivity contribution in [3.8, 4) is 5.75 Å². The van der Waals surface area contributed by atoms with E-state index in [4.69, 9.17) is 4.74 Å². The lowest BCUT2D eigenvalue weighted by atomic mass is 9.90. The monoisotopic (exact) mass is 474 g/mol. The molecule has 0 bridgehead atoms. The Kier molecular flexibility index (Phi) is 7.43. The highest BCUT2D eigenvalue weighted by atomic mass is 19.4. The number of rotatable bonds is 8. The number of aromatic amines is 1. The number of amides is 1. The third kappa shape index (κ3) is 6.09. The van der Waals surface area contributed by atoms with Crippen molar-refractivity contribution >= 4 is 16.8 Å². The van der Waals surface area contributed by atoms with Gasteiger partial charge in [0.1, 0.15) is 5.75 Å². The summed E-state index contributed by atoms with van der Waals surface area (Å²) >= 11 is 0. The Balaban J connectivity index is 1.40. The van der Waals surface area contributed by atoms with Gasteiger partial charge in [0.15, 0.2) is 0 Å². The molecule has 1 saturated heterocycles. The molecule has 1 atom stereocenters. The number of carbonyl (C=O) groups is 1. The minimum Gasteiger partial charge on any atom is -0.497 e. The molecule has 0 spiro atoms. The second kappa shape index (κ2) is 10.5. The first-order chi connectivity index (χ1) is 16.3. The quantitative estimate of drug-likeness (QED) is 0.524. The molecule has 1 aromatic heterocycles. The molecular formula is C25H29F3N4O2. The largest absolute Gasteiger partial charge is 0.497 e. The van der Waals surface area contributed by atoms with Gasteiger partial charge in [0, 0.05) is 55.7 Å². The summed E-state index contributed by atoms with van der Waals surface area (Å²) in [5.74, 6) is 0.549. The Bertz CT molecular complexity index is 1090. The van der Waals surface area contributed by atoms with Crippen molar-refractivity contribution in [2.45, 2.75) is 12.1 Å². The van der Waals surface area contributed by atoms with E-state index < -0.39 is 12.7 Å². The zero-order chi connectivity index (χ0) is 24.1. The molecule has 1 fully saturated rings. The zero-order valence-corrected chi connectivity index (χ0v) is 19.1. The summed E-state index contributed by atoms with van der Waals surface area (Å²) in [4.78, 5) is 19.3. The smallest absolute Gasteiger partial charge is 0.401 e. The molecule has 3 aromatic rings. The normalized spacial score (nSPS) is 16.5. The molecule has 1 aliphatic heterocycles. The molecule has 2 aromatic carbocycles. The molecular weight excluding hydrogens is 445 g/mol. The highest BCUT2D eigenvalue weighted by molar-refractivity contribution is 5.84. The number of carbonyl (C=O) groups excluding carboxylic acids is 1. The van der Waals surface area contributed by atoms with Crippen LogP contribution < -0.4 is 10.1 Å². The van der Waals surface area contributed by atoms with Crippen LogP contribution in [0.5, 0.6) is 5.75 Å². The maximum atomic E-state index is 12.7. The second-order valence-corrected chi connectivity index (χ2v) is 8.59. The number of piperazine rings is 1. The Labute approximate surface area is 196 Å². The number of para-hydroxylation sites is 1. The van der Waals surface area contributed by atoms with Gasteiger partial charge in [0.2, 0.25) is 5.91 Å². The van der Waals surface area contributed by atoms with Crippen molar-refractivity contribution in [3.63, 3.8) is 0 Å². The maximum Gasteiger partial charge on any atom is 0.401 e. The van der Waals surface area contributed by atoms with Gasteiger partial charge in [-0.2, -0.15) is 13.2 Å². The van der Waals surface area contributed by atoms with E-state index in [0.717, 1.165) is 27.8 Å². The first-order valence-electron chi connectivity index (χ1n) is 11.3. The van der Waals surface area contributed by atoms with Crippen molar-refractivity contribution < 1.29 is 22.7 Å². The highest BCUT2D eigenvalue weighted by Gasteiger charge is 2.32. The van der Waals surface area contributed by atoms with Crippen LogP contribution in [-0.2, 0) is 4.79 Å². The molecule has 1 aliphatic rings. The van der Waals surface area contributed by atoms with Crippen LogP contribution in [0, 0.1) is 0 Å². The molecule has 9 heteroatoms. The number of hydrogen-bond donors (Lipinski definition) is 2. The van der Waals surface area contributed by atoms with E-state index in [1.54, 1.807) is 7.11 Å². The summed E-state index contributed by atoms with van der Waals surface area (Å²) in [5, 5.41) is 4.14. The number of nitrogens with one attached hydrogen (secondary N) is 2. The van der Waals surface area contributed by atoms with Gasteiger partial charge in [-0.1, -0.05) is 30.3 Å². The number of methoxy groups -OCH3 is 1. The molecule has 34 heavy (non-hydrogen) atoms. The number of ether oxygens (including phenoxy) is 1. The number of halogens is 3. The summed E-state index contributed by atoms with van der Waals surface area (Å²) in [6.07, 6.45) is -2.22. The average molecular weight is 475 g/mol. The predicted octanol–water partition coefficient (Wildman–Crippen LogP) is 3.60. The van der Waals surface area contributed by atoms with Crippen molar-refractivity contribution in [1.29, 1.82) is 0 Å². The summed E-state index contributed by atoms with van der Waals surface area (Å²) in [5.41, 5.74) is 3.16. The summed E-state index contributed by atoms with van der Waals surface area (Å²) in [6, 6.07) is 15.8. The fourth-order valence-electron chi connectivity index (χ4n) is 4.46. The fourth-order valence-corrected chi connectivity index (χ4v) is 4.46. The number of aromatic nitrogens is 1. The van der Waals surface area contributed by atoms with E-state index in [9.17, 15) is 18.0 Å². The molecule has 1 amide bonds. The predicted molar refractivity (Wildman–Crippen MR) is 125 cm³/mol. The second-order valence-electron chi connectivity index (χ2n) is 8.59. The molecule has 4 rings (SSSR count). The van der Waals surface area contributed by atoms with Gasteiger partial charge in [0.05, 0.1) is 20.2 Å². The van der Waals surface area contributed by atoms with E-state index in [0.29, 0.717) is 32.7 Å². The number of nitrogens with zero attached hydrogens (tertiary/aromatic N) is 2. The molecule has 2 heterocycles. The topological polar surface area (TPSA) is 60.6 Å². The third-order valence-electron chi connectivity index (χ3n) is 6.25. The average Bonchev–Trinajstić information content (AvgIpc) is 3.24. The van der Waals surface area contributed by atoms with Gasteiger partial charge in [-0.05, 0) is 29.3 Å². The van der Waals surface area contributed by atoms with E-state index in [2.05, 4.69) is 16.4 Å². The first kappa shape index (κ1) is 24.1. The van der Waals surface area contributed by atoms with Crippen LogP contribution in [-0.4, -0.2) is 79.8 Å². The first-order valence-corrected chi connectivity index (χ1v) is 11.3. The summed E-state index contributed by atoms with van der Waals surface area (Å²) in [7, 11) is 1.62. The van der Waals surface area contributed by atoms with Crippen molar-refractivity contribution in [2.24, 2.45) is 0 Å². The maximum absolute atomic E-state index is 12.7. The number of benzene rings is 2. The van der Waals surface area contributed by atoms with E-state index in [1.807, 2.05) is 53.6 Å². The van der Waals surface area contributed by atoms with Crippen molar-refractivity contribution in [2.75, 3.05) is 52.9 Å². The molecule has 0 radical (unpaired) electrons. The van der Waals surface area contributed by atoms with Crippen LogP contribution in [0.15, 0.2) is 54.7 Å². The van der Waals surface area contributed by atoms with E-state index >= 15 is 0 Å². The molecule has 1 unspecified atom stereocenters. The Morgan fingerprint density at radius 2 is 1.74 bits per heavy atom. The Hall–Kier alpha value is -3.04. The van der Waals surface area contributed by atoms with Gasteiger partial charge in [0.25, 0.3) is 0 Å². The minimum absolute atomic E-state index is 0.0744. The van der Waals surface area contributed by atoms with E-state index in [-0.39, 0.29) is 18.4 Å². The Morgan fingerprint density at radius 3 is 2.41 bits per heavy atom. The number of fused-ring (bicyclic) bond motifs is 1. The highest BCUT2D eigenvalue weighted by Crippen LogP contribution is 2.31. The van der Waals surface area contributed by atoms with Gasteiger partial charge < -0.3 is 15.0 Å². The third-order valence-corrected chi connectivity index (χ3v) is 6.25. The van der Waals surface area contributed by atoms with Crippen LogP contribution in [0.2, 0.25) is 0 Å². The molecule has 2 N–H and O–H groups in total. The molecule has 6 nitrogen and oxygen atoms in total. The van der Waals surface area contributed by atoms with Crippen LogP contribution >= 0.6 is 0 Å². The van der Waals surface area contributed by atoms with Crippen molar-refractivity contribution in [1.82, 2.24) is 20.1 Å². The molecule has 182 valence electrons. The lowest BCUT2D eigenvalue weighted by molar-refractivity contribution is -0.149. The molecule has 0 aliphatic carbocycles. The van der Waals surface area contributed by atoms with Gasteiger partial charge >= 0.3 is 6.18 Å². The van der Waals surface area contributed by atoms with Crippen LogP contribution in [0.4, 0.5) is 13.2 Å². The number of alkyl halides is 3.